The summed E-state index contributed by atoms with van der Waals surface area (Å²) in [5.74, 6) is 2.54. The Morgan fingerprint density at radius 3 is 2.70 bits per heavy atom. The molecule has 5 heteroatoms. The molecular weight excluding hydrogens is 342 g/mol. The van der Waals surface area contributed by atoms with Gasteiger partial charge >= 0.3 is 0 Å². The van der Waals surface area contributed by atoms with Crippen LogP contribution in [0.3, 0.4) is 0 Å². The van der Waals surface area contributed by atoms with E-state index in [0.29, 0.717) is 18.4 Å². The minimum atomic E-state index is -0.0267. The molecular formula is C22H31NO4. The molecule has 0 radical (unpaired) electrons. The second-order valence-electron chi connectivity index (χ2n) is 9.06. The zero-order chi connectivity index (χ0) is 19.4. The highest BCUT2D eigenvalue weighted by Crippen LogP contribution is 2.70. The van der Waals surface area contributed by atoms with Gasteiger partial charge in [-0.05, 0) is 48.0 Å². The number of fused-ring (bicyclic) bond motifs is 1. The summed E-state index contributed by atoms with van der Waals surface area (Å²) in [7, 11) is 3.35. The van der Waals surface area contributed by atoms with Crippen LogP contribution in [-0.4, -0.2) is 32.8 Å². The number of carbonyl (C=O) groups is 1. The molecule has 2 saturated carbocycles. The van der Waals surface area contributed by atoms with Gasteiger partial charge in [0.2, 0.25) is 5.91 Å². The van der Waals surface area contributed by atoms with E-state index in [4.69, 9.17) is 14.2 Å². The van der Waals surface area contributed by atoms with Crippen LogP contribution < -0.4 is 14.8 Å². The fraction of sp³-hybridized carbons (Fsp3) is 0.682. The summed E-state index contributed by atoms with van der Waals surface area (Å²) in [4.78, 5) is 12.0. The normalized spacial score (nSPS) is 36.2. The average molecular weight is 373 g/mol. The molecule has 2 aliphatic carbocycles. The number of benzene rings is 1. The summed E-state index contributed by atoms with van der Waals surface area (Å²) in [6.45, 7) is 6.98. The number of methoxy groups -OCH3 is 2. The molecule has 1 saturated heterocycles. The summed E-state index contributed by atoms with van der Waals surface area (Å²) in [6.07, 6.45) is 3.28. The summed E-state index contributed by atoms with van der Waals surface area (Å²) in [6, 6.07) is 6.21. The van der Waals surface area contributed by atoms with Gasteiger partial charge in [-0.3, -0.25) is 4.79 Å². The van der Waals surface area contributed by atoms with E-state index in [1.165, 1.54) is 6.42 Å². The number of nitrogens with one attached hydrogen (secondary N) is 1. The van der Waals surface area contributed by atoms with Crippen molar-refractivity contribution in [1.29, 1.82) is 0 Å². The van der Waals surface area contributed by atoms with Crippen LogP contribution in [0, 0.1) is 22.7 Å². The average Bonchev–Trinajstić information content (AvgIpc) is 3.13. The number of hydrogen-bond donors (Lipinski definition) is 1. The first-order valence-electron chi connectivity index (χ1n) is 9.94. The molecule has 1 heterocycles. The largest absolute Gasteiger partial charge is 0.493 e. The van der Waals surface area contributed by atoms with E-state index in [-0.39, 0.29) is 28.9 Å². The molecule has 3 aliphatic rings. The molecule has 5 atom stereocenters. The highest BCUT2D eigenvalue weighted by molar-refractivity contribution is 5.73. The fourth-order valence-corrected chi connectivity index (χ4v) is 6.43. The first-order chi connectivity index (χ1) is 12.8. The molecule has 1 aliphatic heterocycles. The van der Waals surface area contributed by atoms with Crippen LogP contribution in [-0.2, 0) is 9.53 Å². The Labute approximate surface area is 161 Å². The third-order valence-electron chi connectivity index (χ3n) is 7.59. The summed E-state index contributed by atoms with van der Waals surface area (Å²) in [5.41, 5.74) is 1.27. The van der Waals surface area contributed by atoms with E-state index in [2.05, 4.69) is 25.2 Å². The van der Waals surface area contributed by atoms with Gasteiger partial charge in [-0.1, -0.05) is 26.0 Å². The summed E-state index contributed by atoms with van der Waals surface area (Å²) in [5, 5.41) is 3.33. The van der Waals surface area contributed by atoms with Crippen molar-refractivity contribution in [3.05, 3.63) is 23.8 Å². The topological polar surface area (TPSA) is 56.8 Å². The smallest absolute Gasteiger partial charge is 0.217 e. The number of rotatable bonds is 4. The molecule has 5 nitrogen and oxygen atoms in total. The molecule has 1 aromatic rings. The number of hydrogen-bond acceptors (Lipinski definition) is 4. The fourth-order valence-electron chi connectivity index (χ4n) is 6.43. The Morgan fingerprint density at radius 1 is 1.26 bits per heavy atom. The second kappa shape index (κ2) is 6.40. The van der Waals surface area contributed by atoms with Crippen LogP contribution in [0.25, 0.3) is 0 Å². The SMILES string of the molecule is COc1cccc([C@H]2OCC[C@@]34C[C@@H](C[C@H]23)C(C)(C)[C@H]4NC(C)=O)c1OC. The van der Waals surface area contributed by atoms with Gasteiger partial charge in [0, 0.05) is 25.1 Å². The van der Waals surface area contributed by atoms with E-state index in [1.54, 1.807) is 21.1 Å². The highest BCUT2D eigenvalue weighted by Gasteiger charge is 2.68. The van der Waals surface area contributed by atoms with Crippen molar-refractivity contribution >= 4 is 5.91 Å². The van der Waals surface area contributed by atoms with Crippen LogP contribution in [0.2, 0.25) is 0 Å². The Kier molecular flexibility index (Phi) is 4.41. The molecule has 148 valence electrons. The molecule has 0 unspecified atom stereocenters. The molecule has 27 heavy (non-hydrogen) atoms. The van der Waals surface area contributed by atoms with Gasteiger partial charge in [0.25, 0.3) is 0 Å². The van der Waals surface area contributed by atoms with Gasteiger partial charge in [0.1, 0.15) is 0 Å². The van der Waals surface area contributed by atoms with Gasteiger partial charge in [0.05, 0.1) is 20.3 Å². The van der Waals surface area contributed by atoms with E-state index in [9.17, 15) is 4.79 Å². The summed E-state index contributed by atoms with van der Waals surface area (Å²) >= 11 is 0. The monoisotopic (exact) mass is 373 g/mol. The molecule has 0 aromatic heterocycles. The lowest BCUT2D eigenvalue weighted by molar-refractivity contribution is -0.136. The molecule has 1 aromatic carbocycles. The zero-order valence-corrected chi connectivity index (χ0v) is 17.0. The van der Waals surface area contributed by atoms with Crippen molar-refractivity contribution in [3.63, 3.8) is 0 Å². The second-order valence-corrected chi connectivity index (χ2v) is 9.06. The molecule has 2 bridgehead atoms. The van der Waals surface area contributed by atoms with Crippen LogP contribution >= 0.6 is 0 Å². The van der Waals surface area contributed by atoms with E-state index in [0.717, 1.165) is 29.9 Å². The van der Waals surface area contributed by atoms with Crippen LogP contribution in [0.15, 0.2) is 18.2 Å². The van der Waals surface area contributed by atoms with Gasteiger partial charge in [0.15, 0.2) is 11.5 Å². The minimum Gasteiger partial charge on any atom is -0.493 e. The maximum Gasteiger partial charge on any atom is 0.217 e. The first-order valence-corrected chi connectivity index (χ1v) is 9.94. The van der Waals surface area contributed by atoms with E-state index < -0.39 is 0 Å². The van der Waals surface area contributed by atoms with Crippen molar-refractivity contribution in [2.45, 2.75) is 52.2 Å². The Hall–Kier alpha value is -1.75. The number of ether oxygens (including phenoxy) is 3. The van der Waals surface area contributed by atoms with E-state index in [1.807, 2.05) is 12.1 Å². The van der Waals surface area contributed by atoms with Crippen LogP contribution in [0.4, 0.5) is 0 Å². The zero-order valence-electron chi connectivity index (χ0n) is 17.0. The maximum absolute atomic E-state index is 12.0. The number of para-hydroxylation sites is 1. The predicted octanol–water partition coefficient (Wildman–Crippen LogP) is 3.72. The Morgan fingerprint density at radius 2 is 2.04 bits per heavy atom. The Bertz CT molecular complexity index is 746. The molecule has 1 N–H and O–H groups in total. The summed E-state index contributed by atoms with van der Waals surface area (Å²) < 4.78 is 17.6. The predicted molar refractivity (Wildman–Crippen MR) is 103 cm³/mol. The molecule has 1 amide bonds. The van der Waals surface area contributed by atoms with Gasteiger partial charge in [-0.25, -0.2) is 0 Å². The van der Waals surface area contributed by atoms with Crippen molar-refractivity contribution in [2.75, 3.05) is 20.8 Å². The quantitative estimate of drug-likeness (QED) is 0.874. The lowest BCUT2D eigenvalue weighted by atomic mass is 9.58. The van der Waals surface area contributed by atoms with Crippen molar-refractivity contribution in [2.24, 2.45) is 22.7 Å². The van der Waals surface area contributed by atoms with Crippen molar-refractivity contribution < 1.29 is 19.0 Å². The molecule has 3 fully saturated rings. The first kappa shape index (κ1) is 18.6. The lowest BCUT2D eigenvalue weighted by Crippen LogP contribution is -2.58. The van der Waals surface area contributed by atoms with Crippen LogP contribution in [0.1, 0.15) is 51.7 Å². The lowest BCUT2D eigenvalue weighted by Gasteiger charge is -2.53. The highest BCUT2D eigenvalue weighted by atomic mass is 16.5. The van der Waals surface area contributed by atoms with Crippen molar-refractivity contribution in [3.8, 4) is 11.5 Å². The molecule has 4 rings (SSSR count). The number of carbonyl (C=O) groups excluding carboxylic acids is 1. The Balaban J connectivity index is 1.75. The van der Waals surface area contributed by atoms with Crippen LogP contribution in [0.5, 0.6) is 11.5 Å². The van der Waals surface area contributed by atoms with Gasteiger partial charge in [-0.15, -0.1) is 0 Å². The third kappa shape index (κ3) is 2.58. The van der Waals surface area contributed by atoms with Gasteiger partial charge < -0.3 is 19.5 Å². The third-order valence-corrected chi connectivity index (χ3v) is 7.59. The maximum atomic E-state index is 12.0. The van der Waals surface area contributed by atoms with Crippen molar-refractivity contribution in [1.82, 2.24) is 5.32 Å². The van der Waals surface area contributed by atoms with E-state index >= 15 is 0 Å². The standard InChI is InChI=1S/C22H31NO4/c1-13(24)23-20-21(2,3)14-11-16-18(27-10-9-22(16,20)12-14)15-7-6-8-17(25-4)19(15)26-5/h6-8,14,16,18,20H,9-12H2,1-5H3,(H,23,24)/t14-,16-,18-,20-,22-/m1/s1. The molecule has 1 spiro atoms. The van der Waals surface area contributed by atoms with Gasteiger partial charge in [-0.2, -0.15) is 0 Å². The number of amides is 1. The minimum absolute atomic E-state index is 0.0267.